The molecule has 2 aliphatic rings. The number of aryl methyl sites for hydroxylation is 2. The second-order valence-corrected chi connectivity index (χ2v) is 9.78. The van der Waals surface area contributed by atoms with Crippen LogP contribution < -0.4 is 5.06 Å². The number of hydrogen-bond donors (Lipinski definition) is 0. The predicted molar refractivity (Wildman–Crippen MR) is 121 cm³/mol. The van der Waals surface area contributed by atoms with E-state index in [-0.39, 0.29) is 30.4 Å². The Hall–Kier alpha value is -2.75. The molecule has 2 heterocycles. The number of carbonyl (C=O) groups is 3. The lowest BCUT2D eigenvalue weighted by Gasteiger charge is -2.37. The predicted octanol–water partition coefficient (Wildman–Crippen LogP) is 2.63. The third kappa shape index (κ3) is 6.40. The number of likely N-dealkylation sites (tertiary alicyclic amines) is 1. The fourth-order valence-electron chi connectivity index (χ4n) is 3.88. The topological polar surface area (TPSA) is 105 Å². The number of hydrogen-bond acceptors (Lipinski definition) is 7. The first kappa shape index (κ1) is 24.9. The van der Waals surface area contributed by atoms with Crippen LogP contribution in [-0.4, -0.2) is 76.1 Å². The van der Waals surface area contributed by atoms with Crippen LogP contribution in [0.2, 0.25) is 0 Å². The Balaban J connectivity index is 1.62. The largest absolute Gasteiger partial charge is 0.442 e. The van der Waals surface area contributed by atoms with Gasteiger partial charge in [-0.2, -0.15) is 0 Å². The SMILES string of the molecule is Cc1ncnc(C)c1N(OCC(=O)N(C)C1CCN(C(=O)C2CC2)CC1)C(=O)OC(C)(C)C. The number of hydroxylamine groups is 1. The molecule has 1 saturated carbocycles. The monoisotopic (exact) mass is 461 g/mol. The van der Waals surface area contributed by atoms with Crippen molar-refractivity contribution >= 4 is 23.6 Å². The molecular weight excluding hydrogens is 426 g/mol. The van der Waals surface area contributed by atoms with Gasteiger partial charge >= 0.3 is 6.09 Å². The minimum atomic E-state index is -0.747. The van der Waals surface area contributed by atoms with Crippen LogP contribution in [0.4, 0.5) is 10.5 Å². The molecule has 1 saturated heterocycles. The van der Waals surface area contributed by atoms with Gasteiger partial charge < -0.3 is 14.5 Å². The molecule has 10 nitrogen and oxygen atoms in total. The molecule has 2 fully saturated rings. The van der Waals surface area contributed by atoms with Crippen LogP contribution in [0.15, 0.2) is 6.33 Å². The zero-order chi connectivity index (χ0) is 24.3. The average Bonchev–Trinajstić information content (AvgIpc) is 3.58. The number of carbonyl (C=O) groups excluding carboxylic acids is 3. The maximum atomic E-state index is 12.9. The van der Waals surface area contributed by atoms with Gasteiger partial charge in [-0.15, -0.1) is 5.06 Å². The van der Waals surface area contributed by atoms with Gasteiger partial charge in [0.25, 0.3) is 5.91 Å². The Bertz CT molecular complexity index is 867. The smallest absolute Gasteiger partial charge is 0.439 e. The van der Waals surface area contributed by atoms with Gasteiger partial charge in [-0.3, -0.25) is 14.4 Å². The van der Waals surface area contributed by atoms with Crippen LogP contribution in [0.5, 0.6) is 0 Å². The summed E-state index contributed by atoms with van der Waals surface area (Å²) in [6, 6.07) is 0.0165. The Morgan fingerprint density at radius 3 is 2.15 bits per heavy atom. The molecule has 0 atom stereocenters. The number of rotatable bonds is 6. The van der Waals surface area contributed by atoms with Crippen molar-refractivity contribution in [2.45, 2.75) is 71.9 Å². The van der Waals surface area contributed by atoms with E-state index in [0.717, 1.165) is 30.7 Å². The molecule has 1 aromatic heterocycles. The van der Waals surface area contributed by atoms with Crippen LogP contribution in [0.1, 0.15) is 57.8 Å². The van der Waals surface area contributed by atoms with E-state index < -0.39 is 11.7 Å². The van der Waals surface area contributed by atoms with Gasteiger partial charge in [-0.25, -0.2) is 14.8 Å². The number of amides is 3. The number of ether oxygens (including phenoxy) is 1. The van der Waals surface area contributed by atoms with Crippen molar-refractivity contribution in [3.8, 4) is 0 Å². The van der Waals surface area contributed by atoms with E-state index in [2.05, 4.69) is 9.97 Å². The lowest BCUT2D eigenvalue weighted by molar-refractivity contribution is -0.139. The summed E-state index contributed by atoms with van der Waals surface area (Å²) in [7, 11) is 1.73. The second kappa shape index (κ2) is 10.0. The molecule has 0 unspecified atom stereocenters. The number of anilines is 1. The summed E-state index contributed by atoms with van der Waals surface area (Å²) < 4.78 is 5.48. The van der Waals surface area contributed by atoms with E-state index >= 15 is 0 Å². The third-order valence-corrected chi connectivity index (χ3v) is 5.91. The van der Waals surface area contributed by atoms with Gasteiger partial charge in [0, 0.05) is 32.1 Å². The molecule has 0 N–H and O–H groups in total. The number of nitrogens with zero attached hydrogens (tertiary/aromatic N) is 5. The fourth-order valence-corrected chi connectivity index (χ4v) is 3.88. The molecule has 0 aromatic carbocycles. The van der Waals surface area contributed by atoms with Crippen LogP contribution in [-0.2, 0) is 19.2 Å². The van der Waals surface area contributed by atoms with Gasteiger partial charge in [0.1, 0.15) is 17.6 Å². The molecule has 0 spiro atoms. The molecule has 1 aromatic rings. The summed E-state index contributed by atoms with van der Waals surface area (Å²) in [5.41, 5.74) is 0.667. The van der Waals surface area contributed by atoms with E-state index in [4.69, 9.17) is 9.57 Å². The van der Waals surface area contributed by atoms with Crippen molar-refractivity contribution in [3.63, 3.8) is 0 Å². The zero-order valence-corrected chi connectivity index (χ0v) is 20.5. The second-order valence-electron chi connectivity index (χ2n) is 9.78. The minimum absolute atomic E-state index is 0.0165. The molecule has 1 aliphatic carbocycles. The molecule has 0 bridgehead atoms. The van der Waals surface area contributed by atoms with Crippen molar-refractivity contribution < 1.29 is 24.0 Å². The summed E-state index contributed by atoms with van der Waals surface area (Å²) >= 11 is 0. The molecule has 1 aliphatic heterocycles. The average molecular weight is 462 g/mol. The quantitative estimate of drug-likeness (QED) is 0.600. The number of piperidine rings is 1. The van der Waals surface area contributed by atoms with E-state index in [1.54, 1.807) is 46.6 Å². The summed E-state index contributed by atoms with van der Waals surface area (Å²) in [5, 5.41) is 0.971. The standard InChI is InChI=1S/C23H35N5O5/c1-15-20(16(2)25-14-24-15)28(22(31)33-23(3,4)5)32-13-19(29)26(6)18-9-11-27(12-10-18)21(30)17-7-8-17/h14,17-18H,7-13H2,1-6H3. The lowest BCUT2D eigenvalue weighted by Crippen LogP contribution is -2.49. The van der Waals surface area contributed by atoms with Crippen molar-refractivity contribution in [1.29, 1.82) is 0 Å². The van der Waals surface area contributed by atoms with Crippen molar-refractivity contribution in [2.75, 3.05) is 31.8 Å². The van der Waals surface area contributed by atoms with Crippen LogP contribution in [0.3, 0.4) is 0 Å². The normalized spacial score (nSPS) is 17.0. The van der Waals surface area contributed by atoms with E-state index in [1.165, 1.54) is 6.33 Å². The molecule has 3 rings (SSSR count). The van der Waals surface area contributed by atoms with Crippen LogP contribution in [0, 0.1) is 19.8 Å². The first-order valence-electron chi connectivity index (χ1n) is 11.5. The Morgan fingerprint density at radius 2 is 1.64 bits per heavy atom. The minimum Gasteiger partial charge on any atom is -0.442 e. The highest BCUT2D eigenvalue weighted by molar-refractivity contribution is 5.87. The van der Waals surface area contributed by atoms with E-state index in [9.17, 15) is 14.4 Å². The van der Waals surface area contributed by atoms with Crippen molar-refractivity contribution in [3.05, 3.63) is 17.7 Å². The van der Waals surface area contributed by atoms with E-state index in [1.807, 2.05) is 4.90 Å². The fraction of sp³-hybridized carbons (Fsp3) is 0.696. The molecular formula is C23H35N5O5. The van der Waals surface area contributed by atoms with Crippen molar-refractivity contribution in [1.82, 2.24) is 19.8 Å². The summed E-state index contributed by atoms with van der Waals surface area (Å²) in [6.07, 6.45) is 4.09. The highest BCUT2D eigenvalue weighted by atomic mass is 16.7. The third-order valence-electron chi connectivity index (χ3n) is 5.91. The Kier molecular flexibility index (Phi) is 7.56. The number of aromatic nitrogens is 2. The highest BCUT2D eigenvalue weighted by Crippen LogP contribution is 2.32. The van der Waals surface area contributed by atoms with Crippen molar-refractivity contribution in [2.24, 2.45) is 5.92 Å². The molecule has 182 valence electrons. The maximum Gasteiger partial charge on any atom is 0.439 e. The Labute approximate surface area is 195 Å². The van der Waals surface area contributed by atoms with Gasteiger partial charge in [0.05, 0.1) is 11.4 Å². The van der Waals surface area contributed by atoms with Gasteiger partial charge in [0.15, 0.2) is 6.61 Å². The van der Waals surface area contributed by atoms with Crippen LogP contribution in [0.25, 0.3) is 0 Å². The maximum absolute atomic E-state index is 12.9. The Morgan fingerprint density at radius 1 is 1.06 bits per heavy atom. The molecule has 33 heavy (non-hydrogen) atoms. The van der Waals surface area contributed by atoms with Gasteiger partial charge in [-0.05, 0) is 60.3 Å². The first-order valence-corrected chi connectivity index (χ1v) is 11.5. The number of likely N-dealkylation sites (N-methyl/N-ethyl adjacent to an activating group) is 1. The molecule has 0 radical (unpaired) electrons. The summed E-state index contributed by atoms with van der Waals surface area (Å²) in [6.45, 7) is 9.69. The lowest BCUT2D eigenvalue weighted by atomic mass is 10.0. The summed E-state index contributed by atoms with van der Waals surface area (Å²) in [4.78, 5) is 55.6. The molecule has 3 amide bonds. The van der Waals surface area contributed by atoms with Gasteiger partial charge in [0.2, 0.25) is 5.91 Å². The van der Waals surface area contributed by atoms with E-state index in [0.29, 0.717) is 30.2 Å². The summed E-state index contributed by atoms with van der Waals surface area (Å²) in [5.74, 6) is 0.194. The van der Waals surface area contributed by atoms with Gasteiger partial charge in [-0.1, -0.05) is 0 Å². The molecule has 10 heteroatoms. The zero-order valence-electron chi connectivity index (χ0n) is 20.5. The highest BCUT2D eigenvalue weighted by Gasteiger charge is 2.36. The van der Waals surface area contributed by atoms with Crippen LogP contribution >= 0.6 is 0 Å². The first-order chi connectivity index (χ1) is 15.5.